The molecule has 1 rings (SSSR count). The Bertz CT molecular complexity index is 389. The van der Waals surface area contributed by atoms with Crippen LogP contribution in [0.5, 0.6) is 5.75 Å². The van der Waals surface area contributed by atoms with Crippen LogP contribution in [0.25, 0.3) is 0 Å². The first kappa shape index (κ1) is 16.8. The number of rotatable bonds is 9. The van der Waals surface area contributed by atoms with Gasteiger partial charge in [-0.3, -0.25) is 4.79 Å². The summed E-state index contributed by atoms with van der Waals surface area (Å²) in [6.45, 7) is 2.81. The second-order valence-corrected chi connectivity index (χ2v) is 5.15. The van der Waals surface area contributed by atoms with Gasteiger partial charge in [-0.05, 0) is 43.0 Å². The minimum absolute atomic E-state index is 0.0143. The van der Waals surface area contributed by atoms with Gasteiger partial charge in [0.25, 0.3) is 5.91 Å². The molecule has 0 fully saturated rings. The highest BCUT2D eigenvalue weighted by molar-refractivity contribution is 6.30. The minimum Gasteiger partial charge on any atom is -0.484 e. The quantitative estimate of drug-likeness (QED) is 0.737. The van der Waals surface area contributed by atoms with Crippen molar-refractivity contribution >= 4 is 17.5 Å². The van der Waals surface area contributed by atoms with E-state index >= 15 is 0 Å². The molecule has 0 radical (unpaired) electrons. The third kappa shape index (κ3) is 6.78. The van der Waals surface area contributed by atoms with Crippen LogP contribution in [0, 0.1) is 5.92 Å². The molecule has 4 nitrogen and oxygen atoms in total. The van der Waals surface area contributed by atoms with Crippen molar-refractivity contribution < 1.29 is 14.6 Å². The summed E-state index contributed by atoms with van der Waals surface area (Å²) in [6, 6.07) is 6.88. The number of hydrogen-bond donors (Lipinski definition) is 2. The fourth-order valence-electron chi connectivity index (χ4n) is 1.93. The molecule has 0 saturated heterocycles. The molecule has 1 unspecified atom stereocenters. The Morgan fingerprint density at radius 2 is 2.05 bits per heavy atom. The highest BCUT2D eigenvalue weighted by Gasteiger charge is 2.09. The van der Waals surface area contributed by atoms with E-state index in [-0.39, 0.29) is 19.1 Å². The molecule has 0 heterocycles. The van der Waals surface area contributed by atoms with Crippen molar-refractivity contribution in [3.63, 3.8) is 0 Å². The molecule has 1 aromatic carbocycles. The molecule has 0 aliphatic carbocycles. The third-order valence-electron chi connectivity index (χ3n) is 3.01. The smallest absolute Gasteiger partial charge is 0.257 e. The minimum atomic E-state index is -0.154. The number of halogens is 1. The van der Waals surface area contributed by atoms with Gasteiger partial charge >= 0.3 is 0 Å². The molecule has 0 aromatic heterocycles. The number of benzene rings is 1. The number of carbonyl (C=O) groups is 1. The molecule has 0 aliphatic rings. The molecule has 112 valence electrons. The summed E-state index contributed by atoms with van der Waals surface area (Å²) in [5.41, 5.74) is 0. The van der Waals surface area contributed by atoms with Crippen LogP contribution in [-0.2, 0) is 4.79 Å². The van der Waals surface area contributed by atoms with E-state index in [9.17, 15) is 4.79 Å². The average Bonchev–Trinajstić information content (AvgIpc) is 2.44. The van der Waals surface area contributed by atoms with E-state index in [0.29, 0.717) is 29.7 Å². The Labute approximate surface area is 125 Å². The summed E-state index contributed by atoms with van der Waals surface area (Å²) in [5, 5.41) is 12.4. The molecule has 0 saturated carbocycles. The Hall–Kier alpha value is -1.26. The number of nitrogens with one attached hydrogen (secondary N) is 1. The first-order chi connectivity index (χ1) is 9.65. The maximum Gasteiger partial charge on any atom is 0.257 e. The van der Waals surface area contributed by atoms with Gasteiger partial charge in [-0.25, -0.2) is 0 Å². The number of carbonyl (C=O) groups excluding carboxylic acids is 1. The molecule has 2 N–H and O–H groups in total. The SMILES string of the molecule is CCCC(CCO)CNC(=O)COc1ccc(Cl)cc1. The summed E-state index contributed by atoms with van der Waals surface area (Å²) in [5.74, 6) is 0.786. The molecule has 1 amide bonds. The fourth-order valence-corrected chi connectivity index (χ4v) is 2.05. The van der Waals surface area contributed by atoms with E-state index in [1.165, 1.54) is 0 Å². The van der Waals surface area contributed by atoms with E-state index in [1.54, 1.807) is 24.3 Å². The standard InChI is InChI=1S/C15H22ClNO3/c1-2-3-12(8-9-18)10-17-15(19)11-20-14-6-4-13(16)5-7-14/h4-7,12,18H,2-3,8-11H2,1H3,(H,17,19). The Balaban J connectivity index is 2.27. The lowest BCUT2D eigenvalue weighted by atomic mass is 10.0. The van der Waals surface area contributed by atoms with Crippen LogP contribution >= 0.6 is 11.6 Å². The lowest BCUT2D eigenvalue weighted by molar-refractivity contribution is -0.123. The van der Waals surface area contributed by atoms with E-state index in [2.05, 4.69) is 12.2 Å². The second-order valence-electron chi connectivity index (χ2n) is 4.71. The van der Waals surface area contributed by atoms with E-state index in [1.807, 2.05) is 0 Å². The predicted octanol–water partition coefficient (Wildman–Crippen LogP) is 2.63. The first-order valence-electron chi connectivity index (χ1n) is 6.91. The topological polar surface area (TPSA) is 58.6 Å². The van der Waals surface area contributed by atoms with Crippen molar-refractivity contribution in [1.82, 2.24) is 5.32 Å². The molecule has 5 heteroatoms. The van der Waals surface area contributed by atoms with E-state index < -0.39 is 0 Å². The van der Waals surface area contributed by atoms with Crippen LogP contribution in [0.3, 0.4) is 0 Å². The van der Waals surface area contributed by atoms with Crippen molar-refractivity contribution in [2.45, 2.75) is 26.2 Å². The van der Waals surface area contributed by atoms with Gasteiger partial charge in [-0.1, -0.05) is 24.9 Å². The number of ether oxygens (including phenoxy) is 1. The highest BCUT2D eigenvalue weighted by atomic mass is 35.5. The normalized spacial score (nSPS) is 11.9. The Morgan fingerprint density at radius 1 is 1.35 bits per heavy atom. The zero-order valence-corrected chi connectivity index (χ0v) is 12.5. The maximum atomic E-state index is 11.7. The summed E-state index contributed by atoms with van der Waals surface area (Å²) >= 11 is 5.76. The zero-order valence-electron chi connectivity index (χ0n) is 11.8. The van der Waals surface area contributed by atoms with Gasteiger partial charge in [0.05, 0.1) is 0 Å². The van der Waals surface area contributed by atoms with Crippen LogP contribution in [0.2, 0.25) is 5.02 Å². The van der Waals surface area contributed by atoms with Crippen LogP contribution in [0.4, 0.5) is 0 Å². The molecule has 0 spiro atoms. The van der Waals surface area contributed by atoms with Gasteiger partial charge in [-0.2, -0.15) is 0 Å². The van der Waals surface area contributed by atoms with E-state index in [4.69, 9.17) is 21.4 Å². The summed E-state index contributed by atoms with van der Waals surface area (Å²) < 4.78 is 5.35. The lowest BCUT2D eigenvalue weighted by Gasteiger charge is -2.15. The van der Waals surface area contributed by atoms with Gasteiger partial charge < -0.3 is 15.2 Å². The highest BCUT2D eigenvalue weighted by Crippen LogP contribution is 2.15. The van der Waals surface area contributed by atoms with Crippen molar-refractivity contribution in [2.24, 2.45) is 5.92 Å². The van der Waals surface area contributed by atoms with Crippen molar-refractivity contribution in [2.75, 3.05) is 19.8 Å². The summed E-state index contributed by atoms with van der Waals surface area (Å²) in [6.07, 6.45) is 2.76. The van der Waals surface area contributed by atoms with Gasteiger partial charge in [-0.15, -0.1) is 0 Å². The molecule has 1 aromatic rings. The number of amides is 1. The van der Waals surface area contributed by atoms with Gasteiger partial charge in [0.2, 0.25) is 0 Å². The van der Waals surface area contributed by atoms with Crippen molar-refractivity contribution in [3.8, 4) is 5.75 Å². The van der Waals surface area contributed by atoms with Crippen LogP contribution < -0.4 is 10.1 Å². The van der Waals surface area contributed by atoms with Gasteiger partial charge in [0.1, 0.15) is 5.75 Å². The average molecular weight is 300 g/mol. The van der Waals surface area contributed by atoms with Crippen LogP contribution in [-0.4, -0.2) is 30.8 Å². The lowest BCUT2D eigenvalue weighted by Crippen LogP contribution is -2.33. The molecular weight excluding hydrogens is 278 g/mol. The maximum absolute atomic E-state index is 11.7. The molecule has 20 heavy (non-hydrogen) atoms. The third-order valence-corrected chi connectivity index (χ3v) is 3.26. The molecule has 0 aliphatic heterocycles. The Kier molecular flexibility index (Phi) is 8.07. The van der Waals surface area contributed by atoms with Crippen LogP contribution in [0.1, 0.15) is 26.2 Å². The number of aliphatic hydroxyl groups excluding tert-OH is 1. The Morgan fingerprint density at radius 3 is 2.65 bits per heavy atom. The first-order valence-corrected chi connectivity index (χ1v) is 7.29. The summed E-state index contributed by atoms with van der Waals surface area (Å²) in [7, 11) is 0. The summed E-state index contributed by atoms with van der Waals surface area (Å²) in [4.78, 5) is 11.7. The number of hydrogen-bond acceptors (Lipinski definition) is 3. The molecule has 1 atom stereocenters. The zero-order chi connectivity index (χ0) is 14.8. The van der Waals surface area contributed by atoms with Crippen molar-refractivity contribution in [1.29, 1.82) is 0 Å². The molecular formula is C15H22ClNO3. The number of aliphatic hydroxyl groups is 1. The largest absolute Gasteiger partial charge is 0.484 e. The van der Waals surface area contributed by atoms with Crippen LogP contribution in [0.15, 0.2) is 24.3 Å². The van der Waals surface area contributed by atoms with Gasteiger partial charge in [0.15, 0.2) is 6.61 Å². The fraction of sp³-hybridized carbons (Fsp3) is 0.533. The van der Waals surface area contributed by atoms with Gasteiger partial charge in [0, 0.05) is 18.2 Å². The van der Waals surface area contributed by atoms with Crippen molar-refractivity contribution in [3.05, 3.63) is 29.3 Å². The molecule has 0 bridgehead atoms. The second kappa shape index (κ2) is 9.61. The van der Waals surface area contributed by atoms with E-state index in [0.717, 1.165) is 12.8 Å². The predicted molar refractivity (Wildman–Crippen MR) is 80.1 cm³/mol. The monoisotopic (exact) mass is 299 g/mol.